The minimum Gasteiger partial charge on any atom is -0.402 e. The lowest BCUT2D eigenvalue weighted by Gasteiger charge is -2.42. The molecule has 29 heavy (non-hydrogen) atoms. The Kier molecular flexibility index (Phi) is 7.65. The van der Waals surface area contributed by atoms with Crippen LogP contribution in [0.25, 0.3) is 0 Å². The van der Waals surface area contributed by atoms with Gasteiger partial charge in [0.25, 0.3) is 0 Å². The van der Waals surface area contributed by atoms with Crippen LogP contribution >= 0.6 is 0 Å². The first kappa shape index (κ1) is 21.3. The van der Waals surface area contributed by atoms with Gasteiger partial charge in [-0.15, -0.1) is 0 Å². The highest BCUT2D eigenvalue weighted by molar-refractivity contribution is 6.32. The van der Waals surface area contributed by atoms with Crippen molar-refractivity contribution in [3.05, 3.63) is 108 Å². The van der Waals surface area contributed by atoms with Crippen LogP contribution in [-0.4, -0.2) is 17.4 Å². The molecule has 0 radical (unpaired) electrons. The molecule has 4 heteroatoms. The van der Waals surface area contributed by atoms with Crippen molar-refractivity contribution in [2.75, 3.05) is 0 Å². The third kappa shape index (κ3) is 4.97. The average Bonchev–Trinajstić information content (AvgIpc) is 2.77. The Morgan fingerprint density at radius 3 is 1.69 bits per heavy atom. The molecule has 0 amide bonds. The molecule has 1 atom stereocenters. The van der Waals surface area contributed by atoms with E-state index in [9.17, 15) is 10.0 Å². The molecule has 0 bridgehead atoms. The number of benzene rings is 3. The molecular formula is C25H29BO3. The Morgan fingerprint density at radius 2 is 1.24 bits per heavy atom. The summed E-state index contributed by atoms with van der Waals surface area (Å²) in [6, 6.07) is 30.1. The Balaban J connectivity index is 2.24. The zero-order valence-electron chi connectivity index (χ0n) is 16.9. The summed E-state index contributed by atoms with van der Waals surface area (Å²) in [5, 5.41) is 20.0. The average molecular weight is 388 g/mol. The second-order valence-corrected chi connectivity index (χ2v) is 7.37. The minimum absolute atomic E-state index is 0.0816. The summed E-state index contributed by atoms with van der Waals surface area (Å²) in [5.74, 6) is -0.0816. The van der Waals surface area contributed by atoms with Crippen LogP contribution in [0.15, 0.2) is 91.0 Å². The highest BCUT2D eigenvalue weighted by atomic mass is 16.6. The van der Waals surface area contributed by atoms with E-state index in [-0.39, 0.29) is 5.92 Å². The molecule has 0 aliphatic rings. The lowest BCUT2D eigenvalue weighted by Crippen LogP contribution is -2.43. The number of hydrogen-bond acceptors (Lipinski definition) is 3. The molecule has 0 heterocycles. The molecule has 0 saturated carbocycles. The third-order valence-electron chi connectivity index (χ3n) is 5.49. The van der Waals surface area contributed by atoms with E-state index in [1.165, 1.54) is 0 Å². The van der Waals surface area contributed by atoms with Crippen LogP contribution < -0.4 is 0 Å². The fourth-order valence-corrected chi connectivity index (χ4v) is 4.21. The van der Waals surface area contributed by atoms with Gasteiger partial charge in [0.2, 0.25) is 0 Å². The minimum atomic E-state index is -1.90. The SMILES string of the molecule is CCCCCC(c1ccccc1)C(OB(O)O)(c1ccccc1)c1ccccc1. The van der Waals surface area contributed by atoms with Crippen LogP contribution in [0.1, 0.15) is 55.2 Å². The van der Waals surface area contributed by atoms with Gasteiger partial charge in [0.05, 0.1) is 0 Å². The van der Waals surface area contributed by atoms with E-state index in [4.69, 9.17) is 4.65 Å². The van der Waals surface area contributed by atoms with Gasteiger partial charge in [0.15, 0.2) is 0 Å². The van der Waals surface area contributed by atoms with Crippen LogP contribution in [-0.2, 0) is 10.3 Å². The summed E-state index contributed by atoms with van der Waals surface area (Å²) in [6.07, 6.45) is 4.13. The lowest BCUT2D eigenvalue weighted by atomic mass is 9.70. The van der Waals surface area contributed by atoms with E-state index in [1.54, 1.807) is 0 Å². The monoisotopic (exact) mass is 388 g/mol. The molecule has 0 aromatic heterocycles. The Morgan fingerprint density at radius 1 is 0.759 bits per heavy atom. The molecule has 0 fully saturated rings. The largest absolute Gasteiger partial charge is 0.634 e. The number of unbranched alkanes of at least 4 members (excludes halogenated alkanes) is 2. The van der Waals surface area contributed by atoms with E-state index < -0.39 is 12.9 Å². The summed E-state index contributed by atoms with van der Waals surface area (Å²) in [7, 11) is -1.90. The van der Waals surface area contributed by atoms with Gasteiger partial charge >= 0.3 is 7.32 Å². The third-order valence-corrected chi connectivity index (χ3v) is 5.49. The van der Waals surface area contributed by atoms with E-state index >= 15 is 0 Å². The lowest BCUT2D eigenvalue weighted by molar-refractivity contribution is 0.0222. The Labute approximate surface area is 174 Å². The maximum absolute atomic E-state index is 10.0. The molecule has 0 saturated heterocycles. The van der Waals surface area contributed by atoms with Gasteiger partial charge in [-0.2, -0.15) is 0 Å². The van der Waals surface area contributed by atoms with E-state index in [2.05, 4.69) is 19.1 Å². The molecule has 2 N–H and O–H groups in total. The summed E-state index contributed by atoms with van der Waals surface area (Å²) in [5.41, 5.74) is 1.91. The van der Waals surface area contributed by atoms with Gasteiger partial charge in [-0.1, -0.05) is 117 Å². The normalized spacial score (nSPS) is 12.5. The number of hydrogen-bond donors (Lipinski definition) is 2. The van der Waals surface area contributed by atoms with Crippen molar-refractivity contribution in [1.29, 1.82) is 0 Å². The van der Waals surface area contributed by atoms with Gasteiger partial charge < -0.3 is 14.7 Å². The molecule has 3 nitrogen and oxygen atoms in total. The molecule has 150 valence electrons. The van der Waals surface area contributed by atoms with Crippen LogP contribution in [0.3, 0.4) is 0 Å². The van der Waals surface area contributed by atoms with Crippen LogP contribution in [0.5, 0.6) is 0 Å². The molecule has 0 aliphatic carbocycles. The molecule has 0 aliphatic heterocycles. The summed E-state index contributed by atoms with van der Waals surface area (Å²) in [6.45, 7) is 2.19. The van der Waals surface area contributed by atoms with E-state index in [0.717, 1.165) is 42.4 Å². The predicted octanol–water partition coefficient (Wildman–Crippen LogP) is 5.28. The van der Waals surface area contributed by atoms with Crippen molar-refractivity contribution in [2.45, 2.75) is 44.1 Å². The van der Waals surface area contributed by atoms with Crippen molar-refractivity contribution < 1.29 is 14.7 Å². The van der Waals surface area contributed by atoms with Gasteiger partial charge in [0, 0.05) is 5.92 Å². The van der Waals surface area contributed by atoms with Crippen LogP contribution in [0.4, 0.5) is 0 Å². The zero-order valence-corrected chi connectivity index (χ0v) is 16.9. The van der Waals surface area contributed by atoms with Crippen molar-refractivity contribution in [3.63, 3.8) is 0 Å². The Bertz CT molecular complexity index is 798. The fraction of sp³-hybridized carbons (Fsp3) is 0.280. The second-order valence-electron chi connectivity index (χ2n) is 7.37. The molecular weight excluding hydrogens is 359 g/mol. The van der Waals surface area contributed by atoms with Crippen molar-refractivity contribution in [1.82, 2.24) is 0 Å². The van der Waals surface area contributed by atoms with E-state index in [0.29, 0.717) is 0 Å². The molecule has 3 rings (SSSR count). The maximum Gasteiger partial charge on any atom is 0.634 e. The van der Waals surface area contributed by atoms with Gasteiger partial charge in [-0.3, -0.25) is 0 Å². The zero-order chi connectivity index (χ0) is 20.5. The smallest absolute Gasteiger partial charge is 0.402 e. The van der Waals surface area contributed by atoms with Crippen molar-refractivity contribution >= 4 is 7.32 Å². The molecule has 3 aromatic carbocycles. The van der Waals surface area contributed by atoms with Crippen LogP contribution in [0.2, 0.25) is 0 Å². The number of rotatable bonds is 10. The van der Waals surface area contributed by atoms with Crippen LogP contribution in [0, 0.1) is 0 Å². The fourth-order valence-electron chi connectivity index (χ4n) is 4.21. The highest BCUT2D eigenvalue weighted by Crippen LogP contribution is 2.48. The Hall–Kier alpha value is -2.40. The van der Waals surface area contributed by atoms with Crippen molar-refractivity contribution in [3.8, 4) is 0 Å². The summed E-state index contributed by atoms with van der Waals surface area (Å²) in [4.78, 5) is 0. The van der Waals surface area contributed by atoms with Crippen molar-refractivity contribution in [2.24, 2.45) is 0 Å². The first-order valence-corrected chi connectivity index (χ1v) is 10.4. The maximum atomic E-state index is 10.0. The first-order chi connectivity index (χ1) is 14.2. The molecule has 1 unspecified atom stereocenters. The van der Waals surface area contributed by atoms with Gasteiger partial charge in [-0.05, 0) is 23.1 Å². The second kappa shape index (κ2) is 10.4. The summed E-state index contributed by atoms with van der Waals surface area (Å²) >= 11 is 0. The van der Waals surface area contributed by atoms with Gasteiger partial charge in [0.1, 0.15) is 5.60 Å². The topological polar surface area (TPSA) is 49.7 Å². The summed E-state index contributed by atoms with van der Waals surface area (Å²) < 4.78 is 6.07. The molecule has 3 aromatic rings. The predicted molar refractivity (Wildman–Crippen MR) is 118 cm³/mol. The first-order valence-electron chi connectivity index (χ1n) is 10.4. The standard InChI is InChI=1S/C25H29BO3/c1-2-3-7-20-24(21-14-8-4-9-15-21)25(29-26(27)28,22-16-10-5-11-17-22)23-18-12-6-13-19-23/h4-6,8-19,24,27-28H,2-3,7,20H2,1H3. The molecule has 0 spiro atoms. The van der Waals surface area contributed by atoms with Gasteiger partial charge in [-0.25, -0.2) is 0 Å². The quantitative estimate of drug-likeness (QED) is 0.367. The highest BCUT2D eigenvalue weighted by Gasteiger charge is 2.46. The van der Waals surface area contributed by atoms with E-state index in [1.807, 2.05) is 78.9 Å².